The van der Waals surface area contributed by atoms with Crippen molar-refractivity contribution in [3.8, 4) is 0 Å². The average Bonchev–Trinajstić information content (AvgIpc) is 3.03. The maximum Gasteiger partial charge on any atom is 0.223 e. The van der Waals surface area contributed by atoms with Crippen LogP contribution in [0.1, 0.15) is 49.4 Å². The number of hydrogen-bond acceptors (Lipinski definition) is 4. The van der Waals surface area contributed by atoms with E-state index in [0.29, 0.717) is 12.5 Å². The highest BCUT2D eigenvalue weighted by molar-refractivity contribution is 7.09. The standard InChI is InChI=1S/C14H23N3OS.2ClH/c1-3-12(14-16-9(2)8-19-14)17-13(18)11-6-4-5-10(11)7-15;;/h8,10-12H,3-7,15H2,1-2H3,(H,17,18);2*1H/t10-,11-,12?;;/m1../s1. The minimum atomic E-state index is 0. The number of nitrogens with one attached hydrogen (secondary N) is 1. The summed E-state index contributed by atoms with van der Waals surface area (Å²) in [5.74, 6) is 0.614. The normalized spacial score (nSPS) is 22.0. The molecule has 0 aliphatic heterocycles. The largest absolute Gasteiger partial charge is 0.347 e. The number of aryl methyl sites for hydroxylation is 1. The molecule has 0 radical (unpaired) electrons. The van der Waals surface area contributed by atoms with Gasteiger partial charge in [0.05, 0.1) is 6.04 Å². The SMILES string of the molecule is CCC(NC(=O)[C@@H]1CCC[C@@H]1CN)c1nc(C)cs1.Cl.Cl. The van der Waals surface area contributed by atoms with Gasteiger partial charge in [-0.3, -0.25) is 4.79 Å². The summed E-state index contributed by atoms with van der Waals surface area (Å²) in [5.41, 5.74) is 6.77. The second-order valence-electron chi connectivity index (χ2n) is 5.33. The van der Waals surface area contributed by atoms with Crippen molar-refractivity contribution in [2.24, 2.45) is 17.6 Å². The lowest BCUT2D eigenvalue weighted by Crippen LogP contribution is -2.37. The highest BCUT2D eigenvalue weighted by Crippen LogP contribution is 2.32. The Morgan fingerprint density at radius 3 is 2.76 bits per heavy atom. The quantitative estimate of drug-likeness (QED) is 0.853. The first-order chi connectivity index (χ1) is 9.15. The van der Waals surface area contributed by atoms with E-state index in [2.05, 4.69) is 17.2 Å². The molecule has 1 aliphatic carbocycles. The van der Waals surface area contributed by atoms with Gasteiger partial charge in [0.2, 0.25) is 5.91 Å². The number of halogens is 2. The summed E-state index contributed by atoms with van der Waals surface area (Å²) in [6.45, 7) is 4.68. The summed E-state index contributed by atoms with van der Waals surface area (Å²) in [4.78, 5) is 16.9. The first kappa shape index (κ1) is 20.6. The molecule has 1 heterocycles. The van der Waals surface area contributed by atoms with Gasteiger partial charge in [-0.2, -0.15) is 0 Å². The first-order valence-electron chi connectivity index (χ1n) is 7.08. The molecule has 4 nitrogen and oxygen atoms in total. The van der Waals surface area contributed by atoms with Gasteiger partial charge in [0.15, 0.2) is 0 Å². The monoisotopic (exact) mass is 353 g/mol. The van der Waals surface area contributed by atoms with Crippen molar-refractivity contribution in [3.63, 3.8) is 0 Å². The topological polar surface area (TPSA) is 68.0 Å². The van der Waals surface area contributed by atoms with Crippen LogP contribution in [0.15, 0.2) is 5.38 Å². The number of thiazole rings is 1. The molecule has 7 heteroatoms. The second kappa shape index (κ2) is 9.62. The highest BCUT2D eigenvalue weighted by atomic mass is 35.5. The zero-order valence-corrected chi connectivity index (χ0v) is 15.0. The first-order valence-corrected chi connectivity index (χ1v) is 7.96. The van der Waals surface area contributed by atoms with Gasteiger partial charge in [-0.25, -0.2) is 4.98 Å². The zero-order valence-electron chi connectivity index (χ0n) is 12.5. The van der Waals surface area contributed by atoms with E-state index in [-0.39, 0.29) is 42.7 Å². The molecular weight excluding hydrogens is 329 g/mol. The van der Waals surface area contributed by atoms with Gasteiger partial charge in [-0.15, -0.1) is 36.2 Å². The molecule has 1 aromatic heterocycles. The van der Waals surface area contributed by atoms with Crippen LogP contribution in [0.3, 0.4) is 0 Å². The van der Waals surface area contributed by atoms with Crippen molar-refractivity contribution in [2.45, 2.75) is 45.6 Å². The van der Waals surface area contributed by atoms with E-state index in [9.17, 15) is 4.79 Å². The van der Waals surface area contributed by atoms with Gasteiger partial charge in [0.1, 0.15) is 5.01 Å². The fourth-order valence-electron chi connectivity index (χ4n) is 2.81. The molecule has 1 aromatic rings. The van der Waals surface area contributed by atoms with Crippen LogP contribution in [0.4, 0.5) is 0 Å². The third kappa shape index (κ3) is 5.09. The molecule has 0 saturated heterocycles. The summed E-state index contributed by atoms with van der Waals surface area (Å²) < 4.78 is 0. The van der Waals surface area contributed by atoms with Gasteiger partial charge >= 0.3 is 0 Å². The molecule has 122 valence electrons. The van der Waals surface area contributed by atoms with Crippen LogP contribution in [0.2, 0.25) is 0 Å². The Bertz CT molecular complexity index is 442. The minimum Gasteiger partial charge on any atom is -0.347 e. The minimum absolute atomic E-state index is 0. The van der Waals surface area contributed by atoms with Crippen LogP contribution in [-0.4, -0.2) is 17.4 Å². The maximum absolute atomic E-state index is 12.4. The summed E-state index contributed by atoms with van der Waals surface area (Å²) in [7, 11) is 0. The number of rotatable bonds is 5. The van der Waals surface area contributed by atoms with Crippen molar-refractivity contribution < 1.29 is 4.79 Å². The third-order valence-corrected chi connectivity index (χ3v) is 5.03. The van der Waals surface area contributed by atoms with E-state index in [1.54, 1.807) is 11.3 Å². The molecule has 2 rings (SSSR count). The van der Waals surface area contributed by atoms with Crippen molar-refractivity contribution in [1.29, 1.82) is 0 Å². The van der Waals surface area contributed by atoms with Crippen molar-refractivity contribution in [1.82, 2.24) is 10.3 Å². The van der Waals surface area contributed by atoms with Gasteiger partial charge in [-0.05, 0) is 38.6 Å². The Kier molecular flexibility index (Phi) is 9.45. The number of nitrogens with two attached hydrogens (primary N) is 1. The van der Waals surface area contributed by atoms with E-state index >= 15 is 0 Å². The van der Waals surface area contributed by atoms with Gasteiger partial charge in [0.25, 0.3) is 0 Å². The number of amides is 1. The Morgan fingerprint density at radius 2 is 2.24 bits per heavy atom. The van der Waals surface area contributed by atoms with Crippen LogP contribution in [-0.2, 0) is 4.79 Å². The van der Waals surface area contributed by atoms with Crippen LogP contribution < -0.4 is 11.1 Å². The fourth-order valence-corrected chi connectivity index (χ4v) is 3.74. The lowest BCUT2D eigenvalue weighted by molar-refractivity contribution is -0.126. The lowest BCUT2D eigenvalue weighted by atomic mass is 9.95. The summed E-state index contributed by atoms with van der Waals surface area (Å²) >= 11 is 1.62. The van der Waals surface area contributed by atoms with E-state index in [0.717, 1.165) is 36.4 Å². The van der Waals surface area contributed by atoms with Crippen LogP contribution in [0.25, 0.3) is 0 Å². The van der Waals surface area contributed by atoms with E-state index in [1.807, 2.05) is 12.3 Å². The predicted octanol–water partition coefficient (Wildman–Crippen LogP) is 3.24. The van der Waals surface area contributed by atoms with E-state index in [4.69, 9.17) is 5.73 Å². The molecule has 3 N–H and O–H groups in total. The fraction of sp³-hybridized carbons (Fsp3) is 0.714. The Hall–Kier alpha value is -0.360. The number of carbonyl (C=O) groups is 1. The van der Waals surface area contributed by atoms with Gasteiger partial charge in [0, 0.05) is 17.0 Å². The third-order valence-electron chi connectivity index (χ3n) is 3.96. The van der Waals surface area contributed by atoms with E-state index in [1.165, 1.54) is 0 Å². The van der Waals surface area contributed by atoms with E-state index < -0.39 is 0 Å². The molecule has 3 atom stereocenters. The molecule has 1 amide bonds. The smallest absolute Gasteiger partial charge is 0.223 e. The Balaban J connectivity index is 0.00000200. The zero-order chi connectivity index (χ0) is 13.8. The second-order valence-corrected chi connectivity index (χ2v) is 6.22. The molecule has 0 spiro atoms. The predicted molar refractivity (Wildman–Crippen MR) is 92.4 cm³/mol. The molecular formula is C14H25Cl2N3OS. The maximum atomic E-state index is 12.4. The number of carbonyl (C=O) groups excluding carboxylic acids is 1. The lowest BCUT2D eigenvalue weighted by Gasteiger charge is -2.21. The Morgan fingerprint density at radius 1 is 1.52 bits per heavy atom. The molecule has 0 bridgehead atoms. The number of nitrogens with zero attached hydrogens (tertiary/aromatic N) is 1. The van der Waals surface area contributed by atoms with Crippen molar-refractivity contribution in [2.75, 3.05) is 6.54 Å². The summed E-state index contributed by atoms with van der Waals surface area (Å²) in [5, 5.41) is 6.20. The molecule has 1 aliphatic rings. The van der Waals surface area contributed by atoms with Crippen molar-refractivity contribution >= 4 is 42.1 Å². The van der Waals surface area contributed by atoms with Crippen LogP contribution in [0.5, 0.6) is 0 Å². The molecule has 0 aromatic carbocycles. The molecule has 21 heavy (non-hydrogen) atoms. The Labute approximate surface area is 143 Å². The van der Waals surface area contributed by atoms with Crippen LogP contribution >= 0.6 is 36.2 Å². The van der Waals surface area contributed by atoms with Gasteiger partial charge in [-0.1, -0.05) is 13.3 Å². The molecule has 1 unspecified atom stereocenters. The molecule has 1 saturated carbocycles. The van der Waals surface area contributed by atoms with Gasteiger partial charge < -0.3 is 11.1 Å². The summed E-state index contributed by atoms with van der Waals surface area (Å²) in [6, 6.07) is 0.0465. The highest BCUT2D eigenvalue weighted by Gasteiger charge is 2.33. The summed E-state index contributed by atoms with van der Waals surface area (Å²) in [6.07, 6.45) is 4.05. The number of aromatic nitrogens is 1. The number of hydrogen-bond donors (Lipinski definition) is 2. The molecule has 1 fully saturated rings. The van der Waals surface area contributed by atoms with Crippen LogP contribution in [0, 0.1) is 18.8 Å². The van der Waals surface area contributed by atoms with Crippen molar-refractivity contribution in [3.05, 3.63) is 16.1 Å². The average molecular weight is 354 g/mol.